The number of benzene rings is 2. The molecule has 27 heavy (non-hydrogen) atoms. The number of rotatable bonds is 4. The van der Waals surface area contributed by atoms with Crippen molar-refractivity contribution in [2.45, 2.75) is 13.8 Å². The van der Waals surface area contributed by atoms with Crippen LogP contribution in [0.25, 0.3) is 5.69 Å². The molecule has 1 heterocycles. The molecule has 0 fully saturated rings. The zero-order valence-electron chi connectivity index (χ0n) is 14.3. The van der Waals surface area contributed by atoms with Crippen molar-refractivity contribution < 1.29 is 17.6 Å². The Morgan fingerprint density at radius 2 is 1.56 bits per heavy atom. The lowest BCUT2D eigenvalue weighted by atomic mass is 10.2. The molecule has 0 aliphatic carbocycles. The molecule has 8 heteroatoms. The molecule has 0 saturated heterocycles. The summed E-state index contributed by atoms with van der Waals surface area (Å²) >= 11 is 2.22. The Bertz CT molecular complexity index is 1000. The summed E-state index contributed by atoms with van der Waals surface area (Å²) in [5.74, 6) is -6.06. The van der Waals surface area contributed by atoms with Gasteiger partial charge in [-0.05, 0) is 66.8 Å². The molecule has 2 aromatic carbocycles. The molecule has 0 radical (unpaired) electrons. The number of hydrazone groups is 1. The molecule has 140 valence electrons. The molecule has 0 amide bonds. The first kappa shape index (κ1) is 19.4. The van der Waals surface area contributed by atoms with Crippen LogP contribution >= 0.6 is 22.6 Å². The summed E-state index contributed by atoms with van der Waals surface area (Å²) in [6.45, 7) is 3.78. The molecule has 0 spiro atoms. The van der Waals surface area contributed by atoms with E-state index in [-0.39, 0.29) is 6.07 Å². The summed E-state index contributed by atoms with van der Waals surface area (Å²) in [6, 6.07) is 9.90. The zero-order chi connectivity index (χ0) is 19.7. The fourth-order valence-corrected chi connectivity index (χ4v) is 3.10. The monoisotopic (exact) mass is 487 g/mol. The van der Waals surface area contributed by atoms with Crippen LogP contribution in [0.3, 0.4) is 0 Å². The highest BCUT2D eigenvalue weighted by atomic mass is 127. The second kappa shape index (κ2) is 7.71. The standard InChI is InChI=1S/C19H14F4IN3/c1-10-7-12(11(2)27(10)14-5-3-13(24)4-6-14)9-25-26-19-17(22)15(20)8-16(21)18(19)23/h3-9,26H,1-2H3. The largest absolute Gasteiger partial charge is 0.318 e. The number of halogens is 5. The van der Waals surface area contributed by atoms with Gasteiger partial charge in [0.1, 0.15) is 5.69 Å². The Labute approximate surface area is 166 Å². The van der Waals surface area contributed by atoms with Gasteiger partial charge in [0.15, 0.2) is 23.3 Å². The van der Waals surface area contributed by atoms with Gasteiger partial charge >= 0.3 is 0 Å². The van der Waals surface area contributed by atoms with Crippen LogP contribution in [0, 0.1) is 40.7 Å². The second-order valence-corrected chi connectivity index (χ2v) is 7.10. The number of hydrogen-bond donors (Lipinski definition) is 1. The summed E-state index contributed by atoms with van der Waals surface area (Å²) in [7, 11) is 0. The van der Waals surface area contributed by atoms with Crippen LogP contribution < -0.4 is 5.43 Å². The van der Waals surface area contributed by atoms with E-state index in [1.165, 1.54) is 6.21 Å². The molecule has 0 bridgehead atoms. The van der Waals surface area contributed by atoms with E-state index in [0.29, 0.717) is 5.56 Å². The normalized spacial score (nSPS) is 11.4. The fourth-order valence-electron chi connectivity index (χ4n) is 2.74. The van der Waals surface area contributed by atoms with E-state index in [1.54, 1.807) is 0 Å². The van der Waals surface area contributed by atoms with Crippen LogP contribution in [-0.4, -0.2) is 10.8 Å². The maximum absolute atomic E-state index is 13.6. The molecule has 0 unspecified atom stereocenters. The highest BCUT2D eigenvalue weighted by Gasteiger charge is 2.18. The van der Waals surface area contributed by atoms with Crippen LogP contribution in [0.5, 0.6) is 0 Å². The Kier molecular flexibility index (Phi) is 5.54. The van der Waals surface area contributed by atoms with E-state index >= 15 is 0 Å². The fraction of sp³-hybridized carbons (Fsp3) is 0.105. The van der Waals surface area contributed by atoms with Gasteiger partial charge < -0.3 is 4.57 Å². The van der Waals surface area contributed by atoms with E-state index in [0.717, 1.165) is 20.6 Å². The minimum atomic E-state index is -1.53. The van der Waals surface area contributed by atoms with Crippen molar-refractivity contribution in [2.24, 2.45) is 5.10 Å². The quantitative estimate of drug-likeness (QED) is 0.165. The SMILES string of the molecule is Cc1cc(C=NNc2c(F)c(F)cc(F)c2F)c(C)n1-c1ccc(I)cc1. The number of nitrogens with one attached hydrogen (secondary N) is 1. The zero-order valence-corrected chi connectivity index (χ0v) is 16.5. The maximum atomic E-state index is 13.6. The third-order valence-electron chi connectivity index (χ3n) is 4.05. The van der Waals surface area contributed by atoms with E-state index in [9.17, 15) is 17.6 Å². The third-order valence-corrected chi connectivity index (χ3v) is 4.77. The first-order chi connectivity index (χ1) is 12.8. The smallest absolute Gasteiger partial charge is 0.186 e. The van der Waals surface area contributed by atoms with Gasteiger partial charge in [0.05, 0.1) is 6.21 Å². The number of anilines is 1. The lowest BCUT2D eigenvalue weighted by molar-refractivity contribution is 0.458. The van der Waals surface area contributed by atoms with Gasteiger partial charge in [0, 0.05) is 32.3 Å². The molecule has 1 N–H and O–H groups in total. The first-order valence-corrected chi connectivity index (χ1v) is 8.94. The third kappa shape index (κ3) is 3.85. The van der Waals surface area contributed by atoms with E-state index in [2.05, 4.69) is 27.7 Å². The van der Waals surface area contributed by atoms with Crippen molar-refractivity contribution >= 4 is 34.5 Å². The van der Waals surface area contributed by atoms with Crippen LogP contribution in [0.15, 0.2) is 41.5 Å². The Morgan fingerprint density at radius 3 is 2.15 bits per heavy atom. The highest BCUT2D eigenvalue weighted by molar-refractivity contribution is 14.1. The maximum Gasteiger partial charge on any atom is 0.186 e. The van der Waals surface area contributed by atoms with Gasteiger partial charge in [0.2, 0.25) is 0 Å². The van der Waals surface area contributed by atoms with Crippen molar-refractivity contribution in [3.8, 4) is 5.69 Å². The molecule has 0 aliphatic rings. The summed E-state index contributed by atoms with van der Waals surface area (Å²) in [4.78, 5) is 0. The average Bonchev–Trinajstić information content (AvgIpc) is 2.91. The minimum absolute atomic E-state index is 0.147. The van der Waals surface area contributed by atoms with Crippen LogP contribution in [0.1, 0.15) is 17.0 Å². The molecule has 3 nitrogen and oxygen atoms in total. The highest BCUT2D eigenvalue weighted by Crippen LogP contribution is 2.24. The summed E-state index contributed by atoms with van der Waals surface area (Å²) in [5.41, 5.74) is 4.51. The second-order valence-electron chi connectivity index (χ2n) is 5.85. The number of aryl methyl sites for hydroxylation is 1. The van der Waals surface area contributed by atoms with Crippen molar-refractivity contribution in [3.05, 3.63) is 80.2 Å². The number of hydrogen-bond acceptors (Lipinski definition) is 2. The van der Waals surface area contributed by atoms with E-state index in [1.807, 2.05) is 54.2 Å². The van der Waals surface area contributed by atoms with Crippen molar-refractivity contribution in [1.29, 1.82) is 0 Å². The lowest BCUT2D eigenvalue weighted by Gasteiger charge is -2.09. The van der Waals surface area contributed by atoms with Crippen molar-refractivity contribution in [1.82, 2.24) is 4.57 Å². The molecule has 0 saturated carbocycles. The van der Waals surface area contributed by atoms with Gasteiger partial charge in [-0.1, -0.05) is 0 Å². The molecule has 1 aromatic heterocycles. The van der Waals surface area contributed by atoms with Gasteiger partial charge in [-0.15, -0.1) is 0 Å². The number of aromatic nitrogens is 1. The Balaban J connectivity index is 1.90. The summed E-state index contributed by atoms with van der Waals surface area (Å²) in [5, 5.41) is 3.74. The Hall–Kier alpha value is -2.36. The number of nitrogens with zero attached hydrogens (tertiary/aromatic N) is 2. The van der Waals surface area contributed by atoms with Crippen molar-refractivity contribution in [3.63, 3.8) is 0 Å². The topological polar surface area (TPSA) is 29.3 Å². The predicted molar refractivity (Wildman–Crippen MR) is 105 cm³/mol. The Morgan fingerprint density at radius 1 is 0.963 bits per heavy atom. The molecular weight excluding hydrogens is 473 g/mol. The van der Waals surface area contributed by atoms with Crippen LogP contribution in [0.4, 0.5) is 23.2 Å². The first-order valence-electron chi connectivity index (χ1n) is 7.86. The lowest BCUT2D eigenvalue weighted by Crippen LogP contribution is -2.03. The van der Waals surface area contributed by atoms with E-state index in [4.69, 9.17) is 0 Å². The van der Waals surface area contributed by atoms with Gasteiger partial charge in [-0.25, -0.2) is 17.6 Å². The van der Waals surface area contributed by atoms with E-state index < -0.39 is 29.0 Å². The minimum Gasteiger partial charge on any atom is -0.318 e. The molecule has 0 atom stereocenters. The molecular formula is C19H14F4IN3. The van der Waals surface area contributed by atoms with Gasteiger partial charge in [-0.3, -0.25) is 5.43 Å². The average molecular weight is 487 g/mol. The molecule has 0 aliphatic heterocycles. The van der Waals surface area contributed by atoms with Gasteiger partial charge in [0.25, 0.3) is 0 Å². The van der Waals surface area contributed by atoms with Gasteiger partial charge in [-0.2, -0.15) is 5.10 Å². The summed E-state index contributed by atoms with van der Waals surface area (Å²) < 4.78 is 56.9. The summed E-state index contributed by atoms with van der Waals surface area (Å²) in [6.07, 6.45) is 1.34. The van der Waals surface area contributed by atoms with Crippen LogP contribution in [-0.2, 0) is 0 Å². The predicted octanol–water partition coefficient (Wildman–Crippen LogP) is 5.70. The van der Waals surface area contributed by atoms with Crippen molar-refractivity contribution in [2.75, 3.05) is 5.43 Å². The molecule has 3 rings (SSSR count). The van der Waals surface area contributed by atoms with Crippen LogP contribution in [0.2, 0.25) is 0 Å². The molecule has 3 aromatic rings.